The van der Waals surface area contributed by atoms with E-state index in [4.69, 9.17) is 0 Å². The van der Waals surface area contributed by atoms with Crippen molar-refractivity contribution in [3.63, 3.8) is 0 Å². The molecule has 2 N–H and O–H groups in total. The van der Waals surface area contributed by atoms with Gasteiger partial charge in [-0.15, -0.1) is 11.8 Å². The van der Waals surface area contributed by atoms with Gasteiger partial charge >= 0.3 is 5.97 Å². The minimum absolute atomic E-state index is 0.424. The van der Waals surface area contributed by atoms with E-state index < -0.39 is 5.97 Å². The summed E-state index contributed by atoms with van der Waals surface area (Å²) < 4.78 is 0. The Kier molecular flexibility index (Phi) is 5.97. The number of carboxylic acid groups (broad SMARTS) is 1. The predicted octanol–water partition coefficient (Wildman–Crippen LogP) is 4.74. The first-order valence-electron chi connectivity index (χ1n) is 7.86. The molecular weight excluding hydrogens is 282 g/mol. The van der Waals surface area contributed by atoms with Gasteiger partial charge in [0.25, 0.3) is 0 Å². The SMILES string of the molecule is CCSc1cccc(NCC2CCCCC2C)c1C(=O)O. The number of thioether (sulfide) groups is 1. The van der Waals surface area contributed by atoms with E-state index in [9.17, 15) is 9.90 Å². The first-order valence-corrected chi connectivity index (χ1v) is 8.85. The smallest absolute Gasteiger partial charge is 0.338 e. The lowest BCUT2D eigenvalue weighted by molar-refractivity contribution is 0.0694. The van der Waals surface area contributed by atoms with E-state index in [1.54, 1.807) is 11.8 Å². The van der Waals surface area contributed by atoms with E-state index in [1.807, 2.05) is 25.1 Å². The molecule has 1 aliphatic carbocycles. The molecule has 1 aliphatic rings. The van der Waals surface area contributed by atoms with Gasteiger partial charge in [0.1, 0.15) is 0 Å². The Bertz CT molecular complexity index is 490. The van der Waals surface area contributed by atoms with Crippen molar-refractivity contribution in [1.29, 1.82) is 0 Å². The van der Waals surface area contributed by atoms with Crippen molar-refractivity contribution in [2.45, 2.75) is 44.4 Å². The van der Waals surface area contributed by atoms with Crippen LogP contribution in [-0.2, 0) is 0 Å². The molecule has 0 saturated heterocycles. The maximum atomic E-state index is 11.6. The summed E-state index contributed by atoms with van der Waals surface area (Å²) in [5, 5.41) is 12.9. The Hall–Kier alpha value is -1.16. The zero-order valence-electron chi connectivity index (χ0n) is 12.9. The molecule has 1 fully saturated rings. The van der Waals surface area contributed by atoms with E-state index in [2.05, 4.69) is 12.2 Å². The molecule has 2 rings (SSSR count). The molecule has 1 saturated carbocycles. The fourth-order valence-electron chi connectivity index (χ4n) is 3.11. The van der Waals surface area contributed by atoms with E-state index in [0.717, 1.165) is 28.8 Å². The van der Waals surface area contributed by atoms with Crippen molar-refractivity contribution in [3.8, 4) is 0 Å². The molecule has 1 aromatic carbocycles. The zero-order valence-corrected chi connectivity index (χ0v) is 13.7. The first kappa shape index (κ1) is 16.2. The Morgan fingerprint density at radius 2 is 2.14 bits per heavy atom. The number of carboxylic acids is 1. The third-order valence-corrected chi connectivity index (χ3v) is 5.32. The lowest BCUT2D eigenvalue weighted by Gasteiger charge is -2.29. The van der Waals surface area contributed by atoms with Gasteiger partial charge in [-0.25, -0.2) is 4.79 Å². The summed E-state index contributed by atoms with van der Waals surface area (Å²) >= 11 is 1.59. The molecule has 1 aromatic rings. The van der Waals surface area contributed by atoms with Crippen molar-refractivity contribution in [2.75, 3.05) is 17.6 Å². The highest BCUT2D eigenvalue weighted by molar-refractivity contribution is 7.99. The summed E-state index contributed by atoms with van der Waals surface area (Å²) in [6, 6.07) is 5.72. The topological polar surface area (TPSA) is 49.3 Å². The minimum Gasteiger partial charge on any atom is -0.478 e. The van der Waals surface area contributed by atoms with Crippen molar-refractivity contribution >= 4 is 23.4 Å². The van der Waals surface area contributed by atoms with Crippen LogP contribution < -0.4 is 5.32 Å². The standard InChI is InChI=1S/C17H25NO2S/c1-3-21-15-10-6-9-14(16(15)17(19)20)18-11-13-8-5-4-7-12(13)2/h6,9-10,12-13,18H,3-5,7-8,11H2,1-2H3,(H,19,20). The van der Waals surface area contributed by atoms with Crippen LogP contribution in [0, 0.1) is 11.8 Å². The Balaban J connectivity index is 2.11. The number of benzene rings is 1. The number of rotatable bonds is 6. The summed E-state index contributed by atoms with van der Waals surface area (Å²) in [6.07, 6.45) is 5.18. The van der Waals surface area contributed by atoms with Crippen molar-refractivity contribution in [3.05, 3.63) is 23.8 Å². The average molecular weight is 307 g/mol. The second kappa shape index (κ2) is 7.74. The molecule has 2 unspecified atom stereocenters. The monoisotopic (exact) mass is 307 g/mol. The highest BCUT2D eigenvalue weighted by atomic mass is 32.2. The quantitative estimate of drug-likeness (QED) is 0.746. The van der Waals surface area contributed by atoms with Gasteiger partial charge in [0.15, 0.2) is 0 Å². The normalized spacial score (nSPS) is 22.0. The summed E-state index contributed by atoms with van der Waals surface area (Å²) in [6.45, 7) is 5.23. The molecule has 0 bridgehead atoms. The molecule has 21 heavy (non-hydrogen) atoms. The molecular formula is C17H25NO2S. The van der Waals surface area contributed by atoms with Crippen LogP contribution in [0.5, 0.6) is 0 Å². The van der Waals surface area contributed by atoms with Crippen LogP contribution in [0.2, 0.25) is 0 Å². The highest BCUT2D eigenvalue weighted by Gasteiger charge is 2.22. The molecule has 116 valence electrons. The van der Waals surface area contributed by atoms with Gasteiger partial charge in [0.2, 0.25) is 0 Å². The van der Waals surface area contributed by atoms with Crippen molar-refractivity contribution in [2.24, 2.45) is 11.8 Å². The van der Waals surface area contributed by atoms with Crippen LogP contribution in [0.1, 0.15) is 49.9 Å². The Morgan fingerprint density at radius 3 is 2.81 bits per heavy atom. The van der Waals surface area contributed by atoms with Crippen LogP contribution in [0.15, 0.2) is 23.1 Å². The van der Waals surface area contributed by atoms with Crippen LogP contribution in [0.25, 0.3) is 0 Å². The molecule has 3 nitrogen and oxygen atoms in total. The van der Waals surface area contributed by atoms with E-state index in [0.29, 0.717) is 11.5 Å². The lowest BCUT2D eigenvalue weighted by atomic mass is 9.80. The molecule has 0 amide bonds. The van der Waals surface area contributed by atoms with Gasteiger partial charge in [-0.05, 0) is 36.1 Å². The van der Waals surface area contributed by atoms with Crippen LogP contribution in [0.4, 0.5) is 5.69 Å². The number of hydrogen-bond donors (Lipinski definition) is 2. The van der Waals surface area contributed by atoms with E-state index in [-0.39, 0.29) is 0 Å². The van der Waals surface area contributed by atoms with Crippen LogP contribution >= 0.6 is 11.8 Å². The van der Waals surface area contributed by atoms with Crippen molar-refractivity contribution < 1.29 is 9.90 Å². The number of aromatic carboxylic acids is 1. The van der Waals surface area contributed by atoms with Crippen LogP contribution in [-0.4, -0.2) is 23.4 Å². The molecule has 0 heterocycles. The Labute approximate surface area is 131 Å². The van der Waals surface area contributed by atoms with E-state index in [1.165, 1.54) is 25.7 Å². The third-order valence-electron chi connectivity index (χ3n) is 4.38. The molecule has 0 radical (unpaired) electrons. The van der Waals surface area contributed by atoms with Gasteiger partial charge in [0, 0.05) is 17.1 Å². The fourth-order valence-corrected chi connectivity index (χ4v) is 3.94. The number of nitrogens with one attached hydrogen (secondary N) is 1. The Morgan fingerprint density at radius 1 is 1.38 bits per heavy atom. The molecule has 0 spiro atoms. The van der Waals surface area contributed by atoms with Gasteiger partial charge in [-0.2, -0.15) is 0 Å². The maximum absolute atomic E-state index is 11.6. The highest BCUT2D eigenvalue weighted by Crippen LogP contribution is 2.32. The number of hydrogen-bond acceptors (Lipinski definition) is 3. The van der Waals surface area contributed by atoms with Crippen molar-refractivity contribution in [1.82, 2.24) is 0 Å². The minimum atomic E-state index is -0.842. The fraction of sp³-hybridized carbons (Fsp3) is 0.588. The largest absolute Gasteiger partial charge is 0.478 e. The van der Waals surface area contributed by atoms with Crippen LogP contribution in [0.3, 0.4) is 0 Å². The van der Waals surface area contributed by atoms with E-state index >= 15 is 0 Å². The van der Waals surface area contributed by atoms with Gasteiger partial charge < -0.3 is 10.4 Å². The molecule has 4 heteroatoms. The number of carbonyl (C=O) groups is 1. The number of anilines is 1. The summed E-state index contributed by atoms with van der Waals surface area (Å²) in [4.78, 5) is 12.4. The lowest BCUT2D eigenvalue weighted by Crippen LogP contribution is -2.25. The maximum Gasteiger partial charge on any atom is 0.338 e. The molecule has 2 atom stereocenters. The predicted molar refractivity (Wildman–Crippen MR) is 89.4 cm³/mol. The molecule has 0 aromatic heterocycles. The second-order valence-electron chi connectivity index (χ2n) is 5.82. The summed E-state index contributed by atoms with van der Waals surface area (Å²) in [5.74, 6) is 1.42. The molecule has 0 aliphatic heterocycles. The summed E-state index contributed by atoms with van der Waals surface area (Å²) in [7, 11) is 0. The zero-order chi connectivity index (χ0) is 15.2. The van der Waals surface area contributed by atoms with Gasteiger partial charge in [-0.1, -0.05) is 39.2 Å². The third kappa shape index (κ3) is 4.16. The van der Waals surface area contributed by atoms with Gasteiger partial charge in [0.05, 0.1) is 5.56 Å². The first-order chi connectivity index (χ1) is 10.1. The summed E-state index contributed by atoms with van der Waals surface area (Å²) in [5.41, 5.74) is 1.19. The van der Waals surface area contributed by atoms with Gasteiger partial charge in [-0.3, -0.25) is 0 Å². The second-order valence-corrected chi connectivity index (χ2v) is 7.13. The average Bonchev–Trinajstić information content (AvgIpc) is 2.46.